The fourth-order valence-electron chi connectivity index (χ4n) is 1.17. The molecule has 0 aromatic carbocycles. The second-order valence-electron chi connectivity index (χ2n) is 4.02. The van der Waals surface area contributed by atoms with Crippen LogP contribution in [-0.2, 0) is 14.9 Å². The molecular weight excluding hydrogens is 315 g/mol. The van der Waals surface area contributed by atoms with E-state index in [2.05, 4.69) is 9.13 Å². The molecule has 1 aromatic heterocycles. The summed E-state index contributed by atoms with van der Waals surface area (Å²) >= 11 is 0. The van der Waals surface area contributed by atoms with E-state index in [9.17, 15) is 26.7 Å². The van der Waals surface area contributed by atoms with Crippen molar-refractivity contribution in [3.05, 3.63) is 24.5 Å². The number of anilines is 1. The number of ether oxygens (including phenoxy) is 1. The van der Waals surface area contributed by atoms with Crippen molar-refractivity contribution >= 4 is 22.0 Å². The lowest BCUT2D eigenvalue weighted by molar-refractivity contribution is -0.511. The highest BCUT2D eigenvalue weighted by molar-refractivity contribution is 7.83. The molecule has 0 bridgehead atoms. The number of aromatic nitrogens is 1. The number of rotatable bonds is 4. The lowest BCUT2D eigenvalue weighted by Crippen LogP contribution is -2.42. The molecule has 0 atom stereocenters. The molecule has 1 heterocycles. The average Bonchev–Trinajstić information content (AvgIpc) is 2.35. The van der Waals surface area contributed by atoms with Crippen molar-refractivity contribution in [2.45, 2.75) is 6.18 Å². The van der Waals surface area contributed by atoms with Crippen LogP contribution >= 0.6 is 0 Å². The van der Waals surface area contributed by atoms with E-state index in [4.69, 9.17) is 0 Å². The highest BCUT2D eigenvalue weighted by Crippen LogP contribution is 2.14. The number of nitrogens with zero attached hydrogens (tertiary/aromatic N) is 3. The molecule has 7 nitrogen and oxygen atoms in total. The lowest BCUT2D eigenvalue weighted by Gasteiger charge is -2.14. The summed E-state index contributed by atoms with van der Waals surface area (Å²) in [6.45, 7) is -1.91. The Morgan fingerprint density at radius 2 is 1.90 bits per heavy atom. The van der Waals surface area contributed by atoms with Crippen LogP contribution in [0.25, 0.3) is 0 Å². The van der Waals surface area contributed by atoms with Crippen LogP contribution in [-0.4, -0.2) is 41.4 Å². The fraction of sp³-hybridized carbons (Fsp3) is 0.400. The minimum atomic E-state index is -4.75. The van der Waals surface area contributed by atoms with Crippen LogP contribution in [0.1, 0.15) is 0 Å². The van der Waals surface area contributed by atoms with E-state index in [1.54, 1.807) is 19.0 Å². The summed E-state index contributed by atoms with van der Waals surface area (Å²) in [5.74, 6) is 0. The van der Waals surface area contributed by atoms with Gasteiger partial charge in [0.2, 0.25) is 0 Å². The Morgan fingerprint density at radius 3 is 2.33 bits per heavy atom. The third-order valence-electron chi connectivity index (χ3n) is 2.12. The summed E-state index contributed by atoms with van der Waals surface area (Å²) in [7, 11) is -1.03. The van der Waals surface area contributed by atoms with Crippen molar-refractivity contribution in [1.82, 2.24) is 0 Å². The summed E-state index contributed by atoms with van der Waals surface area (Å²) in [5.41, 5.74) is 0.682. The van der Waals surface area contributed by atoms with Gasteiger partial charge < -0.3 is 14.7 Å². The summed E-state index contributed by atoms with van der Waals surface area (Å²) in [6, 6.07) is 2.85. The second-order valence-corrected chi connectivity index (χ2v) is 5.52. The average molecular weight is 327 g/mol. The monoisotopic (exact) mass is 327 g/mol. The van der Waals surface area contributed by atoms with Crippen molar-refractivity contribution in [2.75, 3.05) is 25.6 Å². The first-order chi connectivity index (χ1) is 9.51. The van der Waals surface area contributed by atoms with E-state index in [-0.39, 0.29) is 0 Å². The first-order valence-electron chi connectivity index (χ1n) is 5.42. The lowest BCUT2D eigenvalue weighted by atomic mass is 10.4. The van der Waals surface area contributed by atoms with E-state index in [0.29, 0.717) is 9.66 Å². The highest BCUT2D eigenvalue weighted by atomic mass is 32.2. The fourth-order valence-corrected chi connectivity index (χ4v) is 1.93. The number of pyridine rings is 1. The van der Waals surface area contributed by atoms with Crippen molar-refractivity contribution in [3.63, 3.8) is 0 Å². The maximum Gasteiger partial charge on any atom is 0.493 e. The molecule has 0 aliphatic carbocycles. The van der Waals surface area contributed by atoms with Crippen molar-refractivity contribution < 1.29 is 35.4 Å². The predicted molar refractivity (Wildman–Crippen MR) is 64.7 cm³/mol. The largest absolute Gasteiger partial charge is 0.590 e. The van der Waals surface area contributed by atoms with Gasteiger partial charge in [0.25, 0.3) is 0 Å². The van der Waals surface area contributed by atoms with Gasteiger partial charge in [-0.25, -0.2) is 0 Å². The van der Waals surface area contributed by atoms with Crippen molar-refractivity contribution in [3.8, 4) is 0 Å². The smallest absolute Gasteiger partial charge is 0.493 e. The van der Waals surface area contributed by atoms with Gasteiger partial charge in [0.15, 0.2) is 18.5 Å². The highest BCUT2D eigenvalue weighted by Gasteiger charge is 2.26. The van der Waals surface area contributed by atoms with Gasteiger partial charge >= 0.3 is 16.4 Å². The number of alkyl halides is 3. The van der Waals surface area contributed by atoms with Crippen LogP contribution in [0.2, 0.25) is 0 Å². The molecule has 1 aromatic rings. The molecule has 0 aliphatic heterocycles. The molecular formula is C10H12F3N3O4S. The quantitative estimate of drug-likeness (QED) is 0.420. The van der Waals surface area contributed by atoms with Gasteiger partial charge in [-0.05, 0) is 0 Å². The molecule has 0 saturated carbocycles. The molecule has 0 N–H and O–H groups in total. The van der Waals surface area contributed by atoms with Gasteiger partial charge in [0, 0.05) is 31.9 Å². The summed E-state index contributed by atoms with van der Waals surface area (Å²) in [6.07, 6.45) is -4.39. The van der Waals surface area contributed by atoms with E-state index in [0.717, 1.165) is 12.4 Å². The van der Waals surface area contributed by atoms with Crippen molar-refractivity contribution in [1.29, 1.82) is 0 Å². The van der Waals surface area contributed by atoms with Crippen LogP contribution in [0.4, 0.5) is 18.9 Å². The molecule has 0 aliphatic rings. The normalized spacial score (nSPS) is 13.1. The molecule has 0 radical (unpaired) electrons. The van der Waals surface area contributed by atoms with Crippen LogP contribution < -0.4 is 14.0 Å². The third-order valence-corrected chi connectivity index (χ3v) is 3.27. The summed E-state index contributed by atoms with van der Waals surface area (Å²) in [4.78, 5) is 1.70. The summed E-state index contributed by atoms with van der Waals surface area (Å²) in [5, 5.41) is 11.0. The number of halogens is 3. The van der Waals surface area contributed by atoms with Gasteiger partial charge in [-0.15, -0.1) is 8.42 Å². The van der Waals surface area contributed by atoms with E-state index in [1.165, 1.54) is 12.1 Å². The van der Waals surface area contributed by atoms with Crippen molar-refractivity contribution in [2.24, 2.45) is 4.40 Å². The molecule has 1 rings (SSSR count). The maximum atomic E-state index is 11.8. The van der Waals surface area contributed by atoms with Gasteiger partial charge in [-0.2, -0.15) is 13.2 Å². The maximum absolute atomic E-state index is 11.8. The van der Waals surface area contributed by atoms with Crippen LogP contribution in [0.3, 0.4) is 0 Å². The van der Waals surface area contributed by atoms with Gasteiger partial charge in [-0.3, -0.25) is 0 Å². The topological polar surface area (TPSA) is 85.9 Å². The molecule has 118 valence electrons. The van der Waals surface area contributed by atoms with Gasteiger partial charge in [0.1, 0.15) is 0 Å². The van der Waals surface area contributed by atoms with Crippen LogP contribution in [0.15, 0.2) is 28.9 Å². The Bertz CT molecular complexity index is 611. The number of hydrogen-bond donors (Lipinski definition) is 0. The minimum absolute atomic E-state index is 0.578. The Labute approximate surface area is 119 Å². The van der Waals surface area contributed by atoms with Crippen LogP contribution in [0, 0.1) is 0 Å². The van der Waals surface area contributed by atoms with Gasteiger partial charge in [0.05, 0.1) is 6.61 Å². The molecule has 0 amide bonds. The second kappa shape index (κ2) is 6.16. The Morgan fingerprint density at radius 1 is 1.38 bits per heavy atom. The SMILES string of the molecule is CN(C)c1cc[n+](S(=O)(=O)/N=C(/[O-])OCC(F)(F)F)cc1. The first kappa shape index (κ1) is 17.0. The van der Waals surface area contributed by atoms with E-state index >= 15 is 0 Å². The molecule has 0 saturated heterocycles. The Hall–Kier alpha value is -2.04. The van der Waals surface area contributed by atoms with E-state index in [1.807, 2.05) is 0 Å². The molecule has 11 heteroatoms. The zero-order valence-corrected chi connectivity index (χ0v) is 11.8. The molecule has 0 fully saturated rings. The van der Waals surface area contributed by atoms with Crippen LogP contribution in [0.5, 0.6) is 0 Å². The zero-order chi connectivity index (χ0) is 16.3. The molecule has 0 spiro atoms. The minimum Gasteiger partial charge on any atom is -0.590 e. The standard InChI is InChI=1S/C10H12F3N3O4S/c1-15(2)8-3-5-16(6-4-8)21(18,19)14-9(17)20-7-10(11,12)13/h3-6H,7H2,1-2H3. The predicted octanol–water partition coefficient (Wildman–Crippen LogP) is -0.572. The Balaban J connectivity index is 2.90. The van der Waals surface area contributed by atoms with E-state index < -0.39 is 29.1 Å². The van der Waals surface area contributed by atoms with Gasteiger partial charge in [-0.1, -0.05) is 8.37 Å². The zero-order valence-electron chi connectivity index (χ0n) is 11.0. The molecule has 21 heavy (non-hydrogen) atoms. The molecule has 0 unspecified atom stereocenters. The number of hydrogen-bond acceptors (Lipinski definition) is 5. The Kier molecular flexibility index (Phi) is 4.99. The summed E-state index contributed by atoms with van der Waals surface area (Å²) < 4.78 is 65.6. The first-order valence-corrected chi connectivity index (χ1v) is 6.81. The third kappa shape index (κ3) is 5.45.